The third kappa shape index (κ3) is 3.23. The number of amides is 1. The molecular weight excluding hydrogens is 312 g/mol. The van der Waals surface area contributed by atoms with E-state index in [0.717, 1.165) is 4.47 Å². The van der Waals surface area contributed by atoms with Crippen LogP contribution in [-0.2, 0) is 0 Å². The zero-order valence-corrected chi connectivity index (χ0v) is 11.6. The molecule has 0 saturated carbocycles. The molecule has 98 valence electrons. The number of hydrogen-bond donors (Lipinski definition) is 2. The van der Waals surface area contributed by atoms with Crippen molar-refractivity contribution in [3.05, 3.63) is 51.9 Å². The van der Waals surface area contributed by atoms with Crippen LogP contribution >= 0.6 is 15.9 Å². The molecule has 0 saturated heterocycles. The third-order valence-electron chi connectivity index (χ3n) is 2.46. The first-order valence-electron chi connectivity index (χ1n) is 5.44. The second-order valence-corrected chi connectivity index (χ2v) is 4.71. The summed E-state index contributed by atoms with van der Waals surface area (Å²) in [7, 11) is 0. The van der Waals surface area contributed by atoms with Crippen molar-refractivity contribution in [2.24, 2.45) is 5.10 Å². The van der Waals surface area contributed by atoms with Crippen LogP contribution in [0.25, 0.3) is 0 Å². The van der Waals surface area contributed by atoms with Crippen molar-refractivity contribution < 1.29 is 14.3 Å². The SMILES string of the molecule is Cc1occc1C(=O)N/N=C\c1cc(Br)ccc1O. The van der Waals surface area contributed by atoms with Crippen molar-refractivity contribution in [3.8, 4) is 5.75 Å². The predicted molar refractivity (Wildman–Crippen MR) is 74.3 cm³/mol. The maximum absolute atomic E-state index is 11.7. The van der Waals surface area contributed by atoms with Crippen LogP contribution in [0.3, 0.4) is 0 Å². The van der Waals surface area contributed by atoms with Gasteiger partial charge in [0.25, 0.3) is 5.91 Å². The highest BCUT2D eigenvalue weighted by atomic mass is 79.9. The molecule has 1 aromatic heterocycles. The summed E-state index contributed by atoms with van der Waals surface area (Å²) in [5.41, 5.74) is 3.29. The molecule has 19 heavy (non-hydrogen) atoms. The Morgan fingerprint density at radius 2 is 2.26 bits per heavy atom. The standard InChI is InChI=1S/C13H11BrN2O3/c1-8-11(4-5-19-8)13(18)16-15-7-9-6-10(14)2-3-12(9)17/h2-7,17H,1H3,(H,16,18)/b15-7-. The Hall–Kier alpha value is -2.08. The molecule has 0 fully saturated rings. The average molecular weight is 323 g/mol. The number of hydrogen-bond acceptors (Lipinski definition) is 4. The summed E-state index contributed by atoms with van der Waals surface area (Å²) in [6.45, 7) is 1.69. The summed E-state index contributed by atoms with van der Waals surface area (Å²) in [5.74, 6) is 0.246. The normalized spacial score (nSPS) is 10.8. The number of carbonyl (C=O) groups excluding carboxylic acids is 1. The van der Waals surface area contributed by atoms with E-state index in [0.29, 0.717) is 16.9 Å². The molecule has 0 spiro atoms. The number of furan rings is 1. The second-order valence-electron chi connectivity index (χ2n) is 3.79. The highest BCUT2D eigenvalue weighted by Gasteiger charge is 2.09. The van der Waals surface area contributed by atoms with E-state index in [-0.39, 0.29) is 11.7 Å². The number of rotatable bonds is 3. The molecule has 0 aliphatic rings. The van der Waals surface area contributed by atoms with Crippen molar-refractivity contribution in [2.75, 3.05) is 0 Å². The topological polar surface area (TPSA) is 74.8 Å². The van der Waals surface area contributed by atoms with Crippen molar-refractivity contribution in [3.63, 3.8) is 0 Å². The summed E-state index contributed by atoms with van der Waals surface area (Å²) < 4.78 is 5.84. The van der Waals surface area contributed by atoms with Crippen LogP contribution in [0.1, 0.15) is 21.7 Å². The first-order chi connectivity index (χ1) is 9.08. The number of halogens is 1. The van der Waals surface area contributed by atoms with Gasteiger partial charge in [0.15, 0.2) is 0 Å². The molecule has 0 aliphatic heterocycles. The molecule has 0 bridgehead atoms. The van der Waals surface area contributed by atoms with Gasteiger partial charge >= 0.3 is 0 Å². The molecule has 1 amide bonds. The van der Waals surface area contributed by atoms with Crippen LogP contribution in [0, 0.1) is 6.92 Å². The van der Waals surface area contributed by atoms with Gasteiger partial charge in [-0.2, -0.15) is 5.10 Å². The zero-order valence-electron chi connectivity index (χ0n) is 10.1. The van der Waals surface area contributed by atoms with Gasteiger partial charge in [0.1, 0.15) is 11.5 Å². The molecule has 0 atom stereocenters. The highest BCUT2D eigenvalue weighted by molar-refractivity contribution is 9.10. The lowest BCUT2D eigenvalue weighted by Gasteiger charge is -2.00. The monoisotopic (exact) mass is 322 g/mol. The van der Waals surface area contributed by atoms with E-state index >= 15 is 0 Å². The summed E-state index contributed by atoms with van der Waals surface area (Å²) in [6.07, 6.45) is 2.81. The Morgan fingerprint density at radius 3 is 2.95 bits per heavy atom. The number of nitrogens with zero attached hydrogens (tertiary/aromatic N) is 1. The van der Waals surface area contributed by atoms with Gasteiger partial charge in [-0.1, -0.05) is 15.9 Å². The Balaban J connectivity index is 2.06. The van der Waals surface area contributed by atoms with E-state index < -0.39 is 0 Å². The minimum Gasteiger partial charge on any atom is -0.507 e. The van der Waals surface area contributed by atoms with Crippen LogP contribution < -0.4 is 5.43 Å². The lowest BCUT2D eigenvalue weighted by atomic mass is 10.2. The van der Waals surface area contributed by atoms with E-state index in [2.05, 4.69) is 26.5 Å². The molecule has 2 rings (SSSR count). The maximum Gasteiger partial charge on any atom is 0.274 e. The number of phenols is 1. The Morgan fingerprint density at radius 1 is 1.47 bits per heavy atom. The Kier molecular flexibility index (Phi) is 4.01. The predicted octanol–water partition coefficient (Wildman–Crippen LogP) is 2.82. The first kappa shape index (κ1) is 13.4. The van der Waals surface area contributed by atoms with Crippen LogP contribution in [0.4, 0.5) is 0 Å². The molecule has 0 radical (unpaired) electrons. The molecule has 0 aliphatic carbocycles. The molecular formula is C13H11BrN2O3. The number of benzene rings is 1. The van der Waals surface area contributed by atoms with E-state index in [1.165, 1.54) is 18.5 Å². The van der Waals surface area contributed by atoms with E-state index in [1.807, 2.05) is 0 Å². The molecule has 1 aromatic carbocycles. The summed E-state index contributed by atoms with van der Waals surface area (Å²) in [4.78, 5) is 11.7. The number of aromatic hydroxyl groups is 1. The van der Waals surface area contributed by atoms with Gasteiger partial charge in [-0.25, -0.2) is 5.43 Å². The van der Waals surface area contributed by atoms with Crippen molar-refractivity contribution in [2.45, 2.75) is 6.92 Å². The quantitative estimate of drug-likeness (QED) is 0.674. The average Bonchev–Trinajstić information content (AvgIpc) is 2.80. The Bertz CT molecular complexity index is 635. The largest absolute Gasteiger partial charge is 0.507 e. The number of hydrazone groups is 1. The molecule has 2 N–H and O–H groups in total. The van der Waals surface area contributed by atoms with Gasteiger partial charge in [0.05, 0.1) is 18.0 Å². The van der Waals surface area contributed by atoms with Gasteiger partial charge in [-0.05, 0) is 31.2 Å². The van der Waals surface area contributed by atoms with Gasteiger partial charge in [0, 0.05) is 10.0 Å². The third-order valence-corrected chi connectivity index (χ3v) is 2.96. The fraction of sp³-hybridized carbons (Fsp3) is 0.0769. The maximum atomic E-state index is 11.7. The van der Waals surface area contributed by atoms with Crippen molar-refractivity contribution in [1.29, 1.82) is 0 Å². The van der Waals surface area contributed by atoms with E-state index in [9.17, 15) is 9.90 Å². The van der Waals surface area contributed by atoms with Crippen LogP contribution in [-0.4, -0.2) is 17.2 Å². The minimum absolute atomic E-state index is 0.0840. The van der Waals surface area contributed by atoms with Gasteiger partial charge < -0.3 is 9.52 Å². The number of phenolic OH excluding ortho intramolecular Hbond substituents is 1. The zero-order chi connectivity index (χ0) is 13.8. The fourth-order valence-electron chi connectivity index (χ4n) is 1.47. The second kappa shape index (κ2) is 5.71. The molecule has 6 heteroatoms. The van der Waals surface area contributed by atoms with Crippen LogP contribution in [0.5, 0.6) is 5.75 Å². The van der Waals surface area contributed by atoms with Crippen LogP contribution in [0.2, 0.25) is 0 Å². The van der Waals surface area contributed by atoms with Gasteiger partial charge in [-0.3, -0.25) is 4.79 Å². The first-order valence-corrected chi connectivity index (χ1v) is 6.23. The molecule has 0 unspecified atom stereocenters. The summed E-state index contributed by atoms with van der Waals surface area (Å²) in [5, 5.41) is 13.4. The highest BCUT2D eigenvalue weighted by Crippen LogP contribution is 2.19. The minimum atomic E-state index is -0.364. The van der Waals surface area contributed by atoms with Crippen LogP contribution in [0.15, 0.2) is 44.5 Å². The van der Waals surface area contributed by atoms with E-state index in [4.69, 9.17) is 4.42 Å². The lowest BCUT2D eigenvalue weighted by molar-refractivity contribution is 0.0953. The fourth-order valence-corrected chi connectivity index (χ4v) is 1.85. The van der Waals surface area contributed by atoms with Gasteiger partial charge in [-0.15, -0.1) is 0 Å². The molecule has 5 nitrogen and oxygen atoms in total. The number of aryl methyl sites for hydroxylation is 1. The van der Waals surface area contributed by atoms with Crippen molar-refractivity contribution in [1.82, 2.24) is 5.43 Å². The number of nitrogens with one attached hydrogen (secondary N) is 1. The summed E-state index contributed by atoms with van der Waals surface area (Å²) >= 11 is 3.29. The van der Waals surface area contributed by atoms with Crippen molar-refractivity contribution >= 4 is 28.1 Å². The smallest absolute Gasteiger partial charge is 0.274 e. The molecule has 1 heterocycles. The number of carbonyl (C=O) groups is 1. The molecule has 2 aromatic rings. The summed E-state index contributed by atoms with van der Waals surface area (Å²) in [6, 6.07) is 6.50. The van der Waals surface area contributed by atoms with E-state index in [1.54, 1.807) is 25.1 Å². The lowest BCUT2D eigenvalue weighted by Crippen LogP contribution is -2.17. The van der Waals surface area contributed by atoms with Gasteiger partial charge in [0.2, 0.25) is 0 Å². The Labute approximate surface area is 118 Å².